The van der Waals surface area contributed by atoms with E-state index in [-0.39, 0.29) is 11.7 Å². The number of ether oxygens (including phenoxy) is 1. The summed E-state index contributed by atoms with van der Waals surface area (Å²) in [5.41, 5.74) is 0.389. The second kappa shape index (κ2) is 7.39. The van der Waals surface area contributed by atoms with Crippen LogP contribution in [0.3, 0.4) is 0 Å². The highest BCUT2D eigenvalue weighted by Gasteiger charge is 2.69. The van der Waals surface area contributed by atoms with Gasteiger partial charge in [0, 0.05) is 5.56 Å². The summed E-state index contributed by atoms with van der Waals surface area (Å²) in [6.07, 6.45) is -1.04. The largest absolute Gasteiger partial charge is 0.508 e. The minimum Gasteiger partial charge on any atom is -0.508 e. The van der Waals surface area contributed by atoms with E-state index in [0.717, 1.165) is 0 Å². The van der Waals surface area contributed by atoms with Crippen molar-refractivity contribution >= 4 is 23.2 Å². The lowest BCUT2D eigenvalue weighted by molar-refractivity contribution is -0.128. The number of hydroxylamine groups is 1. The lowest BCUT2D eigenvalue weighted by Crippen LogP contribution is -2.41. The molecule has 1 N–H and O–H groups in total. The van der Waals surface area contributed by atoms with Crippen LogP contribution in [0.2, 0.25) is 0 Å². The van der Waals surface area contributed by atoms with Crippen LogP contribution >= 0.6 is 0 Å². The summed E-state index contributed by atoms with van der Waals surface area (Å²) in [4.78, 5) is 34.6. The van der Waals surface area contributed by atoms with Crippen LogP contribution in [0.15, 0.2) is 78.9 Å². The van der Waals surface area contributed by atoms with Gasteiger partial charge in [-0.2, -0.15) is 0 Å². The second-order valence-electron chi connectivity index (χ2n) is 8.07. The number of phenols is 1. The van der Waals surface area contributed by atoms with E-state index in [0.29, 0.717) is 22.7 Å². The van der Waals surface area contributed by atoms with Crippen molar-refractivity contribution in [1.29, 1.82) is 0 Å². The van der Waals surface area contributed by atoms with Crippen LogP contribution in [-0.2, 0) is 14.4 Å². The molecule has 0 unspecified atom stereocenters. The molecular formula is C25H22N2O5. The van der Waals surface area contributed by atoms with Crippen LogP contribution in [0.5, 0.6) is 11.5 Å². The number of nitrogens with zero attached hydrogens (tertiary/aromatic N) is 2. The number of fused-ring (bicyclic) bond motifs is 1. The molecule has 2 heterocycles. The summed E-state index contributed by atoms with van der Waals surface area (Å²) >= 11 is 0. The maximum absolute atomic E-state index is 13.8. The molecule has 3 aromatic rings. The molecule has 2 aliphatic rings. The summed E-state index contributed by atoms with van der Waals surface area (Å²) in [6.45, 7) is 1.72. The summed E-state index contributed by atoms with van der Waals surface area (Å²) in [5, 5.41) is 12.2. The standard InChI is InChI=1S/C25H22N2O5/c1-25-21(19-10-6-7-11-20(19)28)27(17-8-4-3-5-9-17)32-22(25)23(29)26(24(25)30)16-12-14-18(31-2)15-13-16/h3-15,21-22,28H,1-2H3/t21-,22+,25+/m1/s1. The Balaban J connectivity index is 1.63. The number of rotatable bonds is 4. The topological polar surface area (TPSA) is 79.3 Å². The Morgan fingerprint density at radius 3 is 2.22 bits per heavy atom. The van der Waals surface area contributed by atoms with Crippen molar-refractivity contribution in [2.24, 2.45) is 5.41 Å². The highest BCUT2D eigenvalue weighted by molar-refractivity contribution is 6.25. The van der Waals surface area contributed by atoms with E-state index in [9.17, 15) is 14.7 Å². The molecule has 2 saturated heterocycles. The predicted octanol–water partition coefficient (Wildman–Crippen LogP) is 3.84. The van der Waals surface area contributed by atoms with Crippen LogP contribution in [0.4, 0.5) is 11.4 Å². The van der Waals surface area contributed by atoms with Crippen LogP contribution < -0.4 is 14.7 Å². The van der Waals surface area contributed by atoms with Gasteiger partial charge in [0.15, 0.2) is 6.10 Å². The van der Waals surface area contributed by atoms with Crippen LogP contribution in [-0.4, -0.2) is 30.1 Å². The molecule has 2 fully saturated rings. The van der Waals surface area contributed by atoms with E-state index in [4.69, 9.17) is 9.57 Å². The monoisotopic (exact) mass is 430 g/mol. The Morgan fingerprint density at radius 2 is 1.56 bits per heavy atom. The fraction of sp³-hybridized carbons (Fsp3) is 0.200. The normalized spacial score (nSPS) is 24.7. The van der Waals surface area contributed by atoms with Gasteiger partial charge in [0.05, 0.1) is 18.5 Å². The second-order valence-corrected chi connectivity index (χ2v) is 8.07. The molecule has 0 spiro atoms. The highest BCUT2D eigenvalue weighted by atomic mass is 16.7. The van der Waals surface area contributed by atoms with Gasteiger partial charge in [0.25, 0.3) is 5.91 Å². The first-order chi connectivity index (χ1) is 15.5. The molecule has 2 aliphatic heterocycles. The quantitative estimate of drug-likeness (QED) is 0.634. The van der Waals surface area contributed by atoms with Crippen LogP contribution in [0.1, 0.15) is 18.5 Å². The fourth-order valence-electron chi connectivity index (χ4n) is 4.59. The SMILES string of the molecule is COc1ccc(N2C(=O)[C@@H]3ON(c4ccccc4)[C@H](c4ccccc4O)[C@]3(C)C2=O)cc1. The van der Waals surface area contributed by atoms with Gasteiger partial charge >= 0.3 is 0 Å². The van der Waals surface area contributed by atoms with Gasteiger partial charge in [-0.1, -0.05) is 36.4 Å². The van der Waals surface area contributed by atoms with E-state index in [1.165, 1.54) is 4.90 Å². The Kier molecular flexibility index (Phi) is 4.64. The van der Waals surface area contributed by atoms with Gasteiger partial charge in [-0.15, -0.1) is 0 Å². The van der Waals surface area contributed by atoms with Gasteiger partial charge in [0.1, 0.15) is 23.0 Å². The summed E-state index contributed by atoms with van der Waals surface area (Å²) in [7, 11) is 1.55. The number of anilines is 2. The van der Waals surface area contributed by atoms with Gasteiger partial charge in [-0.05, 0) is 49.4 Å². The number of phenolic OH excluding ortho intramolecular Hbond substituents is 1. The maximum Gasteiger partial charge on any atom is 0.266 e. The number of methoxy groups -OCH3 is 1. The van der Waals surface area contributed by atoms with Gasteiger partial charge < -0.3 is 9.84 Å². The lowest BCUT2D eigenvalue weighted by Gasteiger charge is -2.33. The first-order valence-corrected chi connectivity index (χ1v) is 10.3. The first-order valence-electron chi connectivity index (χ1n) is 10.3. The molecule has 3 aromatic carbocycles. The average molecular weight is 430 g/mol. The summed E-state index contributed by atoms with van der Waals surface area (Å²) in [5.74, 6) is -0.171. The van der Waals surface area contributed by atoms with Crippen molar-refractivity contribution in [1.82, 2.24) is 0 Å². The number of hydrogen-bond donors (Lipinski definition) is 1. The average Bonchev–Trinajstić information content (AvgIpc) is 3.23. The van der Waals surface area contributed by atoms with Crippen molar-refractivity contribution in [2.45, 2.75) is 19.1 Å². The molecule has 0 bridgehead atoms. The van der Waals surface area contributed by atoms with E-state index in [2.05, 4.69) is 0 Å². The summed E-state index contributed by atoms with van der Waals surface area (Å²) < 4.78 is 5.18. The molecule has 162 valence electrons. The Hall–Kier alpha value is -3.84. The molecule has 7 heteroatoms. The fourth-order valence-corrected chi connectivity index (χ4v) is 4.59. The predicted molar refractivity (Wildman–Crippen MR) is 118 cm³/mol. The Labute approximate surface area is 185 Å². The van der Waals surface area contributed by atoms with E-state index < -0.39 is 23.5 Å². The number of carbonyl (C=O) groups is 2. The van der Waals surface area contributed by atoms with Crippen molar-refractivity contribution < 1.29 is 24.3 Å². The third-order valence-corrected chi connectivity index (χ3v) is 6.25. The van der Waals surface area contributed by atoms with E-state index >= 15 is 0 Å². The molecule has 0 radical (unpaired) electrons. The highest BCUT2D eigenvalue weighted by Crippen LogP contribution is 2.56. The van der Waals surface area contributed by atoms with E-state index in [1.54, 1.807) is 67.6 Å². The van der Waals surface area contributed by atoms with Crippen molar-refractivity contribution in [3.8, 4) is 11.5 Å². The third-order valence-electron chi connectivity index (χ3n) is 6.25. The van der Waals surface area contributed by atoms with Gasteiger partial charge in [-0.25, -0.2) is 9.96 Å². The molecule has 0 aliphatic carbocycles. The number of benzene rings is 3. The number of amides is 2. The molecule has 2 amide bonds. The molecule has 7 nitrogen and oxygen atoms in total. The zero-order valence-corrected chi connectivity index (χ0v) is 17.6. The van der Waals surface area contributed by atoms with Gasteiger partial charge in [-0.3, -0.25) is 14.4 Å². The minimum absolute atomic E-state index is 0.0343. The van der Waals surface area contributed by atoms with Crippen molar-refractivity contribution in [2.75, 3.05) is 17.1 Å². The van der Waals surface area contributed by atoms with Crippen LogP contribution in [0.25, 0.3) is 0 Å². The summed E-state index contributed by atoms with van der Waals surface area (Å²) in [6, 6.07) is 22.1. The molecular weight excluding hydrogens is 408 g/mol. The molecule has 32 heavy (non-hydrogen) atoms. The Morgan fingerprint density at radius 1 is 0.906 bits per heavy atom. The lowest BCUT2D eigenvalue weighted by atomic mass is 9.76. The minimum atomic E-state index is -1.26. The zero-order chi connectivity index (χ0) is 22.5. The van der Waals surface area contributed by atoms with Crippen LogP contribution in [0, 0.1) is 5.41 Å². The molecule has 3 atom stereocenters. The number of aromatic hydroxyl groups is 1. The first kappa shape index (κ1) is 20.1. The van der Waals surface area contributed by atoms with Crippen molar-refractivity contribution in [3.63, 3.8) is 0 Å². The molecule has 5 rings (SSSR count). The number of para-hydroxylation sites is 2. The number of carbonyl (C=O) groups excluding carboxylic acids is 2. The number of hydrogen-bond acceptors (Lipinski definition) is 6. The number of imide groups is 1. The third kappa shape index (κ3) is 2.78. The maximum atomic E-state index is 13.8. The van der Waals surface area contributed by atoms with Gasteiger partial charge in [0.2, 0.25) is 5.91 Å². The zero-order valence-electron chi connectivity index (χ0n) is 17.6. The molecule has 0 aromatic heterocycles. The molecule has 0 saturated carbocycles. The van der Waals surface area contributed by atoms with E-state index in [1.807, 2.05) is 30.3 Å². The Bertz CT molecular complexity index is 1180. The smallest absolute Gasteiger partial charge is 0.266 e. The van der Waals surface area contributed by atoms with Crippen molar-refractivity contribution in [3.05, 3.63) is 84.4 Å².